The van der Waals surface area contributed by atoms with Crippen LogP contribution in [0.2, 0.25) is 10.0 Å². The van der Waals surface area contributed by atoms with E-state index in [1.165, 1.54) is 16.4 Å². The van der Waals surface area contributed by atoms with Gasteiger partial charge < -0.3 is 4.74 Å². The molecule has 3 aromatic rings. The minimum absolute atomic E-state index is 0.0342. The largest absolute Gasteiger partial charge is 0.489 e. The van der Waals surface area contributed by atoms with Gasteiger partial charge in [-0.15, -0.1) is 11.8 Å². The lowest BCUT2D eigenvalue weighted by Crippen LogP contribution is -2.30. The van der Waals surface area contributed by atoms with Gasteiger partial charge in [0.25, 0.3) is 0 Å². The second kappa shape index (κ2) is 9.20. The normalized spacial score (nSPS) is 17.2. The lowest BCUT2D eigenvalue weighted by molar-refractivity contribution is 0.306. The van der Waals surface area contributed by atoms with E-state index in [4.69, 9.17) is 27.9 Å². The third-order valence-corrected chi connectivity index (χ3v) is 8.72. The summed E-state index contributed by atoms with van der Waals surface area (Å²) >= 11 is 13.8. The number of halogens is 2. The van der Waals surface area contributed by atoms with Crippen molar-refractivity contribution < 1.29 is 13.2 Å². The van der Waals surface area contributed by atoms with Crippen molar-refractivity contribution in [1.29, 1.82) is 0 Å². The van der Waals surface area contributed by atoms with Crippen LogP contribution < -0.4 is 4.74 Å². The second-order valence-electron chi connectivity index (χ2n) is 6.76. The fourth-order valence-electron chi connectivity index (χ4n) is 3.23. The van der Waals surface area contributed by atoms with Gasteiger partial charge >= 0.3 is 0 Å². The van der Waals surface area contributed by atoms with Crippen molar-refractivity contribution in [1.82, 2.24) is 4.31 Å². The molecule has 1 fully saturated rings. The smallest absolute Gasteiger partial charge is 0.245 e. The number of hydrogen-bond donors (Lipinski definition) is 0. The molecular formula is C22H19Cl2NO3S2. The van der Waals surface area contributed by atoms with Crippen molar-refractivity contribution in [3.05, 3.63) is 94.0 Å². The summed E-state index contributed by atoms with van der Waals surface area (Å²) < 4.78 is 33.8. The van der Waals surface area contributed by atoms with Crippen LogP contribution in [0, 0.1) is 0 Å². The summed E-state index contributed by atoms with van der Waals surface area (Å²) in [6.45, 7) is 0.888. The zero-order valence-electron chi connectivity index (χ0n) is 15.9. The van der Waals surface area contributed by atoms with Crippen LogP contribution in [0.3, 0.4) is 0 Å². The summed E-state index contributed by atoms with van der Waals surface area (Å²) in [6, 6.07) is 22.0. The molecule has 4 nitrogen and oxygen atoms in total. The first kappa shape index (κ1) is 21.5. The SMILES string of the molecule is O=S(=O)(c1cc(Cl)ccc1Cl)N1CCSC1c1ccc(OCc2ccccc2)cc1. The first-order chi connectivity index (χ1) is 14.4. The van der Waals surface area contributed by atoms with E-state index in [0.717, 1.165) is 16.9 Å². The molecule has 0 amide bonds. The fourth-order valence-corrected chi connectivity index (χ4v) is 7.21. The molecule has 0 aliphatic carbocycles. The first-order valence-electron chi connectivity index (χ1n) is 9.30. The number of rotatable bonds is 6. The van der Waals surface area contributed by atoms with Crippen LogP contribution in [0.1, 0.15) is 16.5 Å². The molecule has 4 rings (SSSR count). The Morgan fingerprint density at radius 3 is 2.47 bits per heavy atom. The lowest BCUT2D eigenvalue weighted by atomic mass is 10.2. The number of sulfonamides is 1. The minimum Gasteiger partial charge on any atom is -0.489 e. The number of ether oxygens (including phenoxy) is 1. The number of hydrogen-bond acceptors (Lipinski definition) is 4. The predicted molar refractivity (Wildman–Crippen MR) is 123 cm³/mol. The van der Waals surface area contributed by atoms with Crippen molar-refractivity contribution in [3.8, 4) is 5.75 Å². The quantitative estimate of drug-likeness (QED) is 0.434. The molecule has 3 aromatic carbocycles. The van der Waals surface area contributed by atoms with E-state index in [2.05, 4.69) is 0 Å². The molecule has 1 aliphatic heterocycles. The summed E-state index contributed by atoms with van der Waals surface area (Å²) in [5.74, 6) is 1.44. The Morgan fingerprint density at radius 1 is 1.00 bits per heavy atom. The molecule has 0 spiro atoms. The fraction of sp³-hybridized carbons (Fsp3) is 0.182. The Bertz CT molecular complexity index is 1120. The molecular weight excluding hydrogens is 461 g/mol. The van der Waals surface area contributed by atoms with Gasteiger partial charge in [-0.05, 0) is 41.5 Å². The van der Waals surface area contributed by atoms with Crippen molar-refractivity contribution in [2.45, 2.75) is 16.9 Å². The van der Waals surface area contributed by atoms with Crippen LogP contribution in [0.4, 0.5) is 0 Å². The van der Waals surface area contributed by atoms with E-state index in [1.54, 1.807) is 17.8 Å². The molecule has 1 aliphatic rings. The monoisotopic (exact) mass is 479 g/mol. The molecule has 0 saturated carbocycles. The topological polar surface area (TPSA) is 46.6 Å². The van der Waals surface area contributed by atoms with Gasteiger partial charge in [0, 0.05) is 17.3 Å². The third kappa shape index (κ3) is 4.63. The van der Waals surface area contributed by atoms with Gasteiger partial charge in [-0.25, -0.2) is 8.42 Å². The minimum atomic E-state index is -3.78. The van der Waals surface area contributed by atoms with E-state index in [1.807, 2.05) is 54.6 Å². The van der Waals surface area contributed by atoms with Gasteiger partial charge in [-0.1, -0.05) is 65.7 Å². The average Bonchev–Trinajstić information content (AvgIpc) is 3.26. The Kier molecular flexibility index (Phi) is 6.60. The number of thioether (sulfide) groups is 1. The van der Waals surface area contributed by atoms with Crippen molar-refractivity contribution in [2.75, 3.05) is 12.3 Å². The van der Waals surface area contributed by atoms with Crippen molar-refractivity contribution >= 4 is 45.0 Å². The third-order valence-electron chi connectivity index (χ3n) is 4.74. The molecule has 30 heavy (non-hydrogen) atoms. The van der Waals surface area contributed by atoms with E-state index in [9.17, 15) is 8.42 Å². The highest BCUT2D eigenvalue weighted by molar-refractivity contribution is 8.01. The van der Waals surface area contributed by atoms with Crippen LogP contribution in [0.25, 0.3) is 0 Å². The molecule has 0 bridgehead atoms. The summed E-state index contributed by atoms with van der Waals surface area (Å²) in [6.07, 6.45) is 0. The van der Waals surface area contributed by atoms with Crippen LogP contribution >= 0.6 is 35.0 Å². The summed E-state index contributed by atoms with van der Waals surface area (Å²) in [4.78, 5) is 0.0342. The van der Waals surface area contributed by atoms with Crippen molar-refractivity contribution in [3.63, 3.8) is 0 Å². The molecule has 1 heterocycles. The molecule has 1 saturated heterocycles. The standard InChI is InChI=1S/C22H19Cl2NO3S2/c23-18-8-11-20(24)21(14-18)30(26,27)25-12-13-29-22(25)17-6-9-19(10-7-17)28-15-16-4-2-1-3-5-16/h1-11,14,22H,12-13,15H2. The Balaban J connectivity index is 1.52. The van der Waals surface area contributed by atoms with Crippen LogP contribution in [-0.4, -0.2) is 25.0 Å². The van der Waals surface area contributed by atoms with Gasteiger partial charge in [-0.2, -0.15) is 4.31 Å². The van der Waals surface area contributed by atoms with E-state index >= 15 is 0 Å². The average molecular weight is 480 g/mol. The van der Waals surface area contributed by atoms with E-state index in [0.29, 0.717) is 23.9 Å². The Morgan fingerprint density at radius 2 is 1.73 bits per heavy atom. The summed E-state index contributed by atoms with van der Waals surface area (Å²) in [7, 11) is -3.78. The van der Waals surface area contributed by atoms with Gasteiger partial charge in [-0.3, -0.25) is 0 Å². The van der Waals surface area contributed by atoms with Gasteiger partial charge in [0.2, 0.25) is 10.0 Å². The lowest BCUT2D eigenvalue weighted by Gasteiger charge is -2.24. The highest BCUT2D eigenvalue weighted by Gasteiger charge is 2.38. The zero-order valence-corrected chi connectivity index (χ0v) is 19.0. The highest BCUT2D eigenvalue weighted by atomic mass is 35.5. The summed E-state index contributed by atoms with van der Waals surface area (Å²) in [5.41, 5.74) is 1.98. The predicted octanol–water partition coefficient (Wildman–Crippen LogP) is 6.01. The van der Waals surface area contributed by atoms with E-state index < -0.39 is 10.0 Å². The molecule has 0 N–H and O–H groups in total. The maximum Gasteiger partial charge on any atom is 0.245 e. The van der Waals surface area contributed by atoms with Crippen LogP contribution in [0.5, 0.6) is 5.75 Å². The number of benzene rings is 3. The number of nitrogens with zero attached hydrogens (tertiary/aromatic N) is 1. The highest BCUT2D eigenvalue weighted by Crippen LogP contribution is 2.43. The Hall–Kier alpha value is -1.70. The molecule has 156 valence electrons. The zero-order chi connectivity index (χ0) is 21.1. The maximum absolute atomic E-state index is 13.3. The molecule has 1 atom stereocenters. The first-order valence-corrected chi connectivity index (χ1v) is 12.5. The molecule has 1 unspecified atom stereocenters. The molecule has 8 heteroatoms. The van der Waals surface area contributed by atoms with Gasteiger partial charge in [0.05, 0.1) is 10.4 Å². The van der Waals surface area contributed by atoms with E-state index in [-0.39, 0.29) is 15.3 Å². The Labute approximate surface area is 190 Å². The maximum atomic E-state index is 13.3. The summed E-state index contributed by atoms with van der Waals surface area (Å²) in [5, 5.41) is 0.175. The van der Waals surface area contributed by atoms with Gasteiger partial charge in [0.1, 0.15) is 17.3 Å². The molecule has 0 aromatic heterocycles. The van der Waals surface area contributed by atoms with Crippen LogP contribution in [-0.2, 0) is 16.6 Å². The van der Waals surface area contributed by atoms with Crippen LogP contribution in [0.15, 0.2) is 77.7 Å². The van der Waals surface area contributed by atoms with Gasteiger partial charge in [0.15, 0.2) is 0 Å². The molecule has 0 radical (unpaired) electrons. The second-order valence-corrected chi connectivity index (χ2v) is 10.6. The van der Waals surface area contributed by atoms with Crippen molar-refractivity contribution in [2.24, 2.45) is 0 Å².